The van der Waals surface area contributed by atoms with Gasteiger partial charge in [-0.05, 0) is 32.9 Å². The van der Waals surface area contributed by atoms with E-state index < -0.39 is 0 Å². The minimum Gasteiger partial charge on any atom is -0.462 e. The van der Waals surface area contributed by atoms with Crippen molar-refractivity contribution >= 4 is 17.5 Å². The second-order valence-electron chi connectivity index (χ2n) is 5.00. The molecule has 1 N–H and O–H groups in total. The van der Waals surface area contributed by atoms with Gasteiger partial charge in [0.2, 0.25) is 0 Å². The summed E-state index contributed by atoms with van der Waals surface area (Å²) < 4.78 is 5.19. The zero-order valence-electron chi connectivity index (χ0n) is 12.7. The number of ether oxygens (including phenoxy) is 1. The Labute approximate surface area is 125 Å². The van der Waals surface area contributed by atoms with Gasteiger partial charge in [-0.25, -0.2) is 9.78 Å². The summed E-state index contributed by atoms with van der Waals surface area (Å²) in [5, 5.41) is 3.28. The third-order valence-electron chi connectivity index (χ3n) is 2.94. The fourth-order valence-electron chi connectivity index (χ4n) is 2.13. The lowest BCUT2D eigenvalue weighted by molar-refractivity contribution is 0.0528. The number of esters is 1. The summed E-state index contributed by atoms with van der Waals surface area (Å²) in [5.41, 5.74) is 1.23. The van der Waals surface area contributed by atoms with Crippen LogP contribution in [0.1, 0.15) is 31.1 Å². The maximum Gasteiger partial charge on any atom is 0.344 e. The molecule has 1 aliphatic heterocycles. The highest BCUT2D eigenvalue weighted by molar-refractivity contribution is 6.01. The van der Waals surface area contributed by atoms with E-state index in [2.05, 4.69) is 10.3 Å². The Morgan fingerprint density at radius 2 is 2.29 bits per heavy atom. The summed E-state index contributed by atoms with van der Waals surface area (Å²) in [7, 11) is 0. The van der Waals surface area contributed by atoms with E-state index in [0.29, 0.717) is 24.5 Å². The predicted molar refractivity (Wildman–Crippen MR) is 84.6 cm³/mol. The molecule has 112 valence electrons. The molecule has 0 unspecified atom stereocenters. The molecule has 21 heavy (non-hydrogen) atoms. The number of hydrogen-bond acceptors (Lipinski definition) is 5. The molecule has 0 atom stereocenters. The molecule has 1 aromatic heterocycles. The maximum absolute atomic E-state index is 12.3. The van der Waals surface area contributed by atoms with Gasteiger partial charge in [-0.3, -0.25) is 0 Å². The second kappa shape index (κ2) is 6.92. The Balaban J connectivity index is 2.45. The molecule has 0 fully saturated rings. The van der Waals surface area contributed by atoms with Crippen LogP contribution in [0.15, 0.2) is 36.7 Å². The maximum atomic E-state index is 12.3. The average molecular weight is 287 g/mol. The van der Waals surface area contributed by atoms with E-state index in [9.17, 15) is 4.79 Å². The number of carbonyl (C=O) groups excluding carboxylic acids is 1. The first-order valence-corrected chi connectivity index (χ1v) is 7.16. The molecule has 0 bridgehead atoms. The van der Waals surface area contributed by atoms with Crippen molar-refractivity contribution in [1.29, 1.82) is 0 Å². The highest BCUT2D eigenvalue weighted by Crippen LogP contribution is 2.28. The summed E-state index contributed by atoms with van der Waals surface area (Å²) >= 11 is 0. The third kappa shape index (κ3) is 3.62. The molecule has 0 saturated heterocycles. The SMILES string of the molecule is CCOC(=O)c1c(NC(C)C)ccnc1N1C=CC=CC1. The first-order valence-electron chi connectivity index (χ1n) is 7.16. The fraction of sp³-hybridized carbons (Fsp3) is 0.375. The molecular weight excluding hydrogens is 266 g/mol. The summed E-state index contributed by atoms with van der Waals surface area (Å²) in [6.07, 6.45) is 9.51. The molecule has 5 heteroatoms. The summed E-state index contributed by atoms with van der Waals surface area (Å²) in [5.74, 6) is 0.256. The lowest BCUT2D eigenvalue weighted by Crippen LogP contribution is -2.24. The molecule has 0 aromatic carbocycles. The lowest BCUT2D eigenvalue weighted by atomic mass is 10.1. The highest BCUT2D eigenvalue weighted by Gasteiger charge is 2.22. The van der Waals surface area contributed by atoms with Gasteiger partial charge in [0.05, 0.1) is 12.3 Å². The van der Waals surface area contributed by atoms with Gasteiger partial charge in [0, 0.05) is 25.0 Å². The van der Waals surface area contributed by atoms with Gasteiger partial charge >= 0.3 is 5.97 Å². The van der Waals surface area contributed by atoms with Crippen molar-refractivity contribution in [2.45, 2.75) is 26.8 Å². The number of pyridine rings is 1. The van der Waals surface area contributed by atoms with Crippen LogP contribution < -0.4 is 10.2 Å². The van der Waals surface area contributed by atoms with Crippen molar-refractivity contribution in [3.63, 3.8) is 0 Å². The Kier molecular flexibility index (Phi) is 4.98. The highest BCUT2D eigenvalue weighted by atomic mass is 16.5. The molecule has 0 radical (unpaired) electrons. The summed E-state index contributed by atoms with van der Waals surface area (Å²) in [4.78, 5) is 18.6. The zero-order chi connectivity index (χ0) is 15.2. The van der Waals surface area contributed by atoms with E-state index in [1.54, 1.807) is 19.2 Å². The van der Waals surface area contributed by atoms with Crippen LogP contribution in [-0.4, -0.2) is 30.1 Å². The van der Waals surface area contributed by atoms with E-state index in [0.717, 1.165) is 5.69 Å². The molecule has 5 nitrogen and oxygen atoms in total. The Hall–Kier alpha value is -2.30. The third-order valence-corrected chi connectivity index (χ3v) is 2.94. The van der Waals surface area contributed by atoms with E-state index in [-0.39, 0.29) is 12.0 Å². The van der Waals surface area contributed by atoms with Crippen molar-refractivity contribution in [3.8, 4) is 0 Å². The Morgan fingerprint density at radius 1 is 1.48 bits per heavy atom. The number of rotatable bonds is 5. The normalized spacial score (nSPS) is 13.6. The van der Waals surface area contributed by atoms with Crippen molar-refractivity contribution in [2.75, 3.05) is 23.4 Å². The number of aromatic nitrogens is 1. The van der Waals surface area contributed by atoms with Crippen molar-refractivity contribution < 1.29 is 9.53 Å². The van der Waals surface area contributed by atoms with Gasteiger partial charge in [0.1, 0.15) is 11.4 Å². The number of nitrogens with one attached hydrogen (secondary N) is 1. The van der Waals surface area contributed by atoms with Gasteiger partial charge in [-0.2, -0.15) is 0 Å². The van der Waals surface area contributed by atoms with E-state index >= 15 is 0 Å². The number of hydrogen-bond donors (Lipinski definition) is 1. The summed E-state index contributed by atoms with van der Waals surface area (Å²) in [6, 6.07) is 2.02. The van der Waals surface area contributed by atoms with Gasteiger partial charge in [0.15, 0.2) is 0 Å². The largest absolute Gasteiger partial charge is 0.462 e. The molecule has 0 amide bonds. The van der Waals surface area contributed by atoms with E-state index in [1.165, 1.54) is 0 Å². The van der Waals surface area contributed by atoms with Crippen molar-refractivity contribution in [3.05, 3.63) is 42.3 Å². The standard InChI is InChI=1S/C16H21N3O2/c1-4-21-16(20)14-13(18-12(2)3)8-9-17-15(14)19-10-6-5-7-11-19/h5-10,12H,4,11H2,1-3H3,(H,17,18). The quantitative estimate of drug-likeness (QED) is 0.844. The number of allylic oxidation sites excluding steroid dienone is 2. The average Bonchev–Trinajstić information content (AvgIpc) is 2.47. The molecular formula is C16H21N3O2. The minimum absolute atomic E-state index is 0.213. The monoisotopic (exact) mass is 287 g/mol. The van der Waals surface area contributed by atoms with Gasteiger partial charge < -0.3 is 15.0 Å². The molecule has 1 aromatic rings. The number of nitrogens with zero attached hydrogens (tertiary/aromatic N) is 2. The van der Waals surface area contributed by atoms with Crippen LogP contribution in [0.5, 0.6) is 0 Å². The van der Waals surface area contributed by atoms with Crippen molar-refractivity contribution in [2.24, 2.45) is 0 Å². The van der Waals surface area contributed by atoms with Gasteiger partial charge in [0.25, 0.3) is 0 Å². The second-order valence-corrected chi connectivity index (χ2v) is 5.00. The minimum atomic E-state index is -0.355. The topological polar surface area (TPSA) is 54.5 Å². The summed E-state index contributed by atoms with van der Waals surface area (Å²) in [6.45, 7) is 6.87. The van der Waals surface area contributed by atoms with Crippen LogP contribution in [-0.2, 0) is 4.74 Å². The van der Waals surface area contributed by atoms with Gasteiger partial charge in [-0.1, -0.05) is 12.2 Å². The molecule has 1 aliphatic rings. The van der Waals surface area contributed by atoms with E-state index in [1.807, 2.05) is 43.2 Å². The number of anilines is 2. The van der Waals surface area contributed by atoms with E-state index in [4.69, 9.17) is 4.74 Å². The molecule has 0 saturated carbocycles. The van der Waals surface area contributed by atoms with Crippen LogP contribution in [0.4, 0.5) is 11.5 Å². The fourth-order valence-corrected chi connectivity index (χ4v) is 2.13. The molecule has 2 heterocycles. The zero-order valence-corrected chi connectivity index (χ0v) is 12.7. The smallest absolute Gasteiger partial charge is 0.344 e. The first kappa shape index (κ1) is 15.1. The van der Waals surface area contributed by atoms with Crippen LogP contribution in [0.25, 0.3) is 0 Å². The van der Waals surface area contributed by atoms with Crippen molar-refractivity contribution in [1.82, 2.24) is 4.98 Å². The van der Waals surface area contributed by atoms with Crippen LogP contribution in [0.2, 0.25) is 0 Å². The Morgan fingerprint density at radius 3 is 2.90 bits per heavy atom. The molecule has 0 spiro atoms. The van der Waals surface area contributed by atoms with Gasteiger partial charge in [-0.15, -0.1) is 0 Å². The lowest BCUT2D eigenvalue weighted by Gasteiger charge is -2.24. The van der Waals surface area contributed by atoms with Crippen LogP contribution >= 0.6 is 0 Å². The Bertz CT molecular complexity index is 565. The van der Waals surface area contributed by atoms with Crippen LogP contribution in [0, 0.1) is 0 Å². The predicted octanol–water partition coefficient (Wildman–Crippen LogP) is 2.97. The number of carbonyl (C=O) groups is 1. The van der Waals surface area contributed by atoms with Crippen LogP contribution in [0.3, 0.4) is 0 Å². The molecule has 0 aliphatic carbocycles. The first-order chi connectivity index (χ1) is 10.1. The molecule has 2 rings (SSSR count).